The first-order valence-electron chi connectivity index (χ1n) is 6.27. The van der Waals surface area contributed by atoms with E-state index in [1.807, 2.05) is 66.7 Å². The lowest BCUT2D eigenvalue weighted by atomic mass is 10.2. The van der Waals surface area contributed by atoms with E-state index >= 15 is 0 Å². The van der Waals surface area contributed by atoms with Crippen LogP contribution in [-0.4, -0.2) is 9.97 Å². The first-order chi connectivity index (χ1) is 9.86. The summed E-state index contributed by atoms with van der Waals surface area (Å²) in [4.78, 5) is 8.73. The van der Waals surface area contributed by atoms with Gasteiger partial charge in [0, 0.05) is 5.39 Å². The van der Waals surface area contributed by atoms with Crippen LogP contribution in [0.15, 0.2) is 54.6 Å². The number of nitrogens with zero attached hydrogens (tertiary/aromatic N) is 3. The molecule has 1 heterocycles. The Hall–Kier alpha value is -2.99. The van der Waals surface area contributed by atoms with Gasteiger partial charge >= 0.3 is 0 Å². The number of hydrogen-bond donors (Lipinski definition) is 0. The van der Waals surface area contributed by atoms with Crippen LogP contribution in [-0.2, 0) is 0 Å². The molecule has 0 saturated heterocycles. The van der Waals surface area contributed by atoms with Crippen LogP contribution in [0.25, 0.3) is 23.1 Å². The molecule has 0 fully saturated rings. The summed E-state index contributed by atoms with van der Waals surface area (Å²) >= 11 is 0. The topological polar surface area (TPSA) is 49.6 Å². The van der Waals surface area contributed by atoms with E-state index in [4.69, 9.17) is 0 Å². The Morgan fingerprint density at radius 3 is 2.40 bits per heavy atom. The van der Waals surface area contributed by atoms with Crippen molar-refractivity contribution >= 4 is 23.1 Å². The van der Waals surface area contributed by atoms with E-state index in [-0.39, 0.29) is 0 Å². The number of hydrogen-bond acceptors (Lipinski definition) is 3. The highest BCUT2D eigenvalue weighted by molar-refractivity contribution is 5.84. The number of para-hydroxylation sites is 1. The summed E-state index contributed by atoms with van der Waals surface area (Å²) in [6.07, 6.45) is 3.76. The molecule has 3 rings (SSSR count). The second-order valence-corrected chi connectivity index (χ2v) is 4.30. The average Bonchev–Trinajstić information content (AvgIpc) is 2.53. The Labute approximate surface area is 116 Å². The highest BCUT2D eigenvalue weighted by atomic mass is 14.9. The van der Waals surface area contributed by atoms with Gasteiger partial charge in [-0.05, 0) is 23.8 Å². The number of fused-ring (bicyclic) bond motifs is 1. The highest BCUT2D eigenvalue weighted by Gasteiger charge is 2.04. The Kier molecular flexibility index (Phi) is 3.22. The summed E-state index contributed by atoms with van der Waals surface area (Å²) < 4.78 is 0. The third kappa shape index (κ3) is 2.40. The summed E-state index contributed by atoms with van der Waals surface area (Å²) in [5, 5.41) is 9.97. The minimum Gasteiger partial charge on any atom is -0.229 e. The predicted molar refractivity (Wildman–Crippen MR) is 79.6 cm³/mol. The van der Waals surface area contributed by atoms with Crippen LogP contribution in [0.2, 0.25) is 0 Å². The van der Waals surface area contributed by atoms with Gasteiger partial charge in [-0.2, -0.15) is 5.26 Å². The predicted octanol–water partition coefficient (Wildman–Crippen LogP) is 3.67. The summed E-state index contributed by atoms with van der Waals surface area (Å²) in [7, 11) is 0. The van der Waals surface area contributed by atoms with Crippen molar-refractivity contribution in [1.82, 2.24) is 9.97 Å². The van der Waals surface area contributed by atoms with Crippen molar-refractivity contribution in [3.05, 3.63) is 71.7 Å². The molecule has 94 valence electrons. The third-order valence-electron chi connectivity index (χ3n) is 2.95. The molecule has 0 spiro atoms. The van der Waals surface area contributed by atoms with E-state index in [1.165, 1.54) is 0 Å². The first kappa shape index (κ1) is 12.1. The van der Waals surface area contributed by atoms with E-state index in [9.17, 15) is 5.26 Å². The van der Waals surface area contributed by atoms with Gasteiger partial charge in [0.15, 0.2) is 11.5 Å². The molecule has 2 aromatic carbocycles. The van der Waals surface area contributed by atoms with E-state index in [2.05, 4.69) is 16.0 Å². The van der Waals surface area contributed by atoms with Gasteiger partial charge in [0.2, 0.25) is 0 Å². The monoisotopic (exact) mass is 257 g/mol. The molecular formula is C17H11N3. The number of aromatic nitrogens is 2. The normalized spacial score (nSPS) is 10.8. The second-order valence-electron chi connectivity index (χ2n) is 4.30. The van der Waals surface area contributed by atoms with Gasteiger partial charge in [0.1, 0.15) is 6.07 Å². The van der Waals surface area contributed by atoms with E-state index in [0.717, 1.165) is 16.5 Å². The van der Waals surface area contributed by atoms with Gasteiger partial charge in [-0.15, -0.1) is 0 Å². The lowest BCUT2D eigenvalue weighted by Gasteiger charge is -2.00. The fraction of sp³-hybridized carbons (Fsp3) is 0. The molecule has 0 radical (unpaired) electrons. The van der Waals surface area contributed by atoms with Gasteiger partial charge in [-0.1, -0.05) is 48.5 Å². The number of benzene rings is 2. The summed E-state index contributed by atoms with van der Waals surface area (Å²) in [6, 6.07) is 19.6. The molecule has 0 aliphatic heterocycles. The largest absolute Gasteiger partial charge is 0.229 e. The number of rotatable bonds is 2. The van der Waals surface area contributed by atoms with Gasteiger partial charge < -0.3 is 0 Å². The maximum atomic E-state index is 9.18. The molecule has 20 heavy (non-hydrogen) atoms. The Morgan fingerprint density at radius 2 is 1.60 bits per heavy atom. The maximum absolute atomic E-state index is 9.18. The summed E-state index contributed by atoms with van der Waals surface area (Å²) in [6.45, 7) is 0. The van der Waals surface area contributed by atoms with Crippen LogP contribution in [0, 0.1) is 11.3 Å². The van der Waals surface area contributed by atoms with Crippen LogP contribution in [0.4, 0.5) is 0 Å². The Bertz CT molecular complexity index is 815. The smallest absolute Gasteiger partial charge is 0.154 e. The van der Waals surface area contributed by atoms with Gasteiger partial charge in [-0.25, -0.2) is 9.97 Å². The van der Waals surface area contributed by atoms with Gasteiger partial charge in [0.05, 0.1) is 5.52 Å². The van der Waals surface area contributed by atoms with Crippen molar-refractivity contribution in [2.45, 2.75) is 0 Å². The van der Waals surface area contributed by atoms with Gasteiger partial charge in [0.25, 0.3) is 0 Å². The van der Waals surface area contributed by atoms with E-state index in [1.54, 1.807) is 0 Å². The highest BCUT2D eigenvalue weighted by Crippen LogP contribution is 2.15. The summed E-state index contributed by atoms with van der Waals surface area (Å²) in [5.74, 6) is 0.545. The molecule has 0 N–H and O–H groups in total. The zero-order valence-electron chi connectivity index (χ0n) is 10.7. The molecule has 0 atom stereocenters. The van der Waals surface area contributed by atoms with Gasteiger partial charge in [-0.3, -0.25) is 0 Å². The van der Waals surface area contributed by atoms with Crippen molar-refractivity contribution in [1.29, 1.82) is 5.26 Å². The number of nitriles is 1. The van der Waals surface area contributed by atoms with Crippen LogP contribution in [0.3, 0.4) is 0 Å². The third-order valence-corrected chi connectivity index (χ3v) is 2.95. The first-order valence-corrected chi connectivity index (χ1v) is 6.27. The minimum absolute atomic E-state index is 0.406. The molecule has 3 heteroatoms. The molecule has 0 bridgehead atoms. The fourth-order valence-corrected chi connectivity index (χ4v) is 1.99. The lowest BCUT2D eigenvalue weighted by Crippen LogP contribution is -1.93. The Morgan fingerprint density at radius 1 is 0.850 bits per heavy atom. The minimum atomic E-state index is 0.406. The molecule has 0 aliphatic rings. The maximum Gasteiger partial charge on any atom is 0.154 e. The second kappa shape index (κ2) is 5.33. The zero-order chi connectivity index (χ0) is 13.8. The quantitative estimate of drug-likeness (QED) is 0.703. The standard InChI is InChI=1S/C17H11N3/c18-12-16-14-8-4-5-9-15(14)19-17(20-16)11-10-13-6-2-1-3-7-13/h1-11H/b11-10+. The summed E-state index contributed by atoms with van der Waals surface area (Å²) in [5.41, 5.74) is 2.26. The van der Waals surface area contributed by atoms with Crippen molar-refractivity contribution in [2.75, 3.05) is 0 Å². The van der Waals surface area contributed by atoms with Crippen molar-refractivity contribution < 1.29 is 0 Å². The molecule has 0 amide bonds. The molecular weight excluding hydrogens is 246 g/mol. The van der Waals surface area contributed by atoms with Crippen LogP contribution < -0.4 is 0 Å². The van der Waals surface area contributed by atoms with Crippen molar-refractivity contribution in [3.8, 4) is 6.07 Å². The molecule has 0 unspecified atom stereocenters. The molecule has 0 saturated carbocycles. The lowest BCUT2D eigenvalue weighted by molar-refractivity contribution is 1.16. The van der Waals surface area contributed by atoms with Crippen LogP contribution >= 0.6 is 0 Å². The SMILES string of the molecule is N#Cc1nc(/C=C/c2ccccc2)nc2ccccc12. The molecule has 3 nitrogen and oxygen atoms in total. The Balaban J connectivity index is 2.05. The fourth-order valence-electron chi connectivity index (χ4n) is 1.99. The van der Waals surface area contributed by atoms with Crippen molar-refractivity contribution in [2.24, 2.45) is 0 Å². The molecule has 0 aliphatic carbocycles. The van der Waals surface area contributed by atoms with E-state index in [0.29, 0.717) is 11.5 Å². The van der Waals surface area contributed by atoms with Crippen LogP contribution in [0.1, 0.15) is 17.1 Å². The molecule has 3 aromatic rings. The van der Waals surface area contributed by atoms with Crippen molar-refractivity contribution in [3.63, 3.8) is 0 Å². The van der Waals surface area contributed by atoms with E-state index < -0.39 is 0 Å². The zero-order valence-corrected chi connectivity index (χ0v) is 10.7. The molecule has 1 aromatic heterocycles. The van der Waals surface area contributed by atoms with Crippen LogP contribution in [0.5, 0.6) is 0 Å². The average molecular weight is 257 g/mol.